The molecule has 1 aliphatic heterocycles. The standard InChI is InChI=1S/C11H18O5/c1-6(2)7(12)9(13)16-8-10(14)15-5-11(8,3)4/h6-8,12H,5H2,1-4H3/t7-,8-/m0/s1. The summed E-state index contributed by atoms with van der Waals surface area (Å²) in [5, 5.41) is 9.49. The van der Waals surface area contributed by atoms with E-state index in [1.807, 2.05) is 0 Å². The second-order valence-corrected chi connectivity index (χ2v) is 5.10. The maximum atomic E-state index is 11.5. The van der Waals surface area contributed by atoms with Gasteiger partial charge in [-0.1, -0.05) is 27.7 Å². The van der Waals surface area contributed by atoms with Crippen molar-refractivity contribution in [1.29, 1.82) is 0 Å². The number of ether oxygens (including phenoxy) is 2. The molecule has 1 aliphatic rings. The molecule has 1 fully saturated rings. The molecule has 5 nitrogen and oxygen atoms in total. The third-order valence-electron chi connectivity index (χ3n) is 2.62. The minimum Gasteiger partial charge on any atom is -0.462 e. The molecule has 2 atom stereocenters. The molecule has 1 rings (SSSR count). The lowest BCUT2D eigenvalue weighted by atomic mass is 9.89. The molecule has 0 aromatic rings. The van der Waals surface area contributed by atoms with Gasteiger partial charge in [0.2, 0.25) is 6.10 Å². The maximum Gasteiger partial charge on any atom is 0.348 e. The Bertz CT molecular complexity index is 295. The van der Waals surface area contributed by atoms with Gasteiger partial charge in [0.1, 0.15) is 6.61 Å². The van der Waals surface area contributed by atoms with Gasteiger partial charge in [0.25, 0.3) is 0 Å². The van der Waals surface area contributed by atoms with E-state index in [2.05, 4.69) is 0 Å². The van der Waals surface area contributed by atoms with Crippen LogP contribution in [-0.4, -0.2) is 35.9 Å². The van der Waals surface area contributed by atoms with Crippen molar-refractivity contribution >= 4 is 11.9 Å². The Kier molecular flexibility index (Phi) is 3.57. The zero-order valence-corrected chi connectivity index (χ0v) is 10.0. The molecule has 92 valence electrons. The van der Waals surface area contributed by atoms with Crippen LogP contribution >= 0.6 is 0 Å². The molecule has 0 bridgehead atoms. The molecule has 0 amide bonds. The zero-order valence-electron chi connectivity index (χ0n) is 10.0. The van der Waals surface area contributed by atoms with Crippen LogP contribution in [-0.2, 0) is 19.1 Å². The molecule has 1 saturated heterocycles. The fourth-order valence-electron chi connectivity index (χ4n) is 1.39. The van der Waals surface area contributed by atoms with E-state index in [0.29, 0.717) is 0 Å². The third-order valence-corrected chi connectivity index (χ3v) is 2.62. The van der Waals surface area contributed by atoms with Crippen LogP contribution in [0.3, 0.4) is 0 Å². The molecular weight excluding hydrogens is 212 g/mol. The second-order valence-electron chi connectivity index (χ2n) is 5.10. The highest BCUT2D eigenvalue weighted by Crippen LogP contribution is 2.31. The second kappa shape index (κ2) is 4.41. The van der Waals surface area contributed by atoms with Gasteiger partial charge >= 0.3 is 11.9 Å². The molecule has 5 heteroatoms. The third kappa shape index (κ3) is 2.52. The van der Waals surface area contributed by atoms with E-state index >= 15 is 0 Å². The molecule has 0 aromatic heterocycles. The largest absolute Gasteiger partial charge is 0.462 e. The van der Waals surface area contributed by atoms with Crippen molar-refractivity contribution in [3.63, 3.8) is 0 Å². The van der Waals surface area contributed by atoms with Crippen LogP contribution in [0.2, 0.25) is 0 Å². The van der Waals surface area contributed by atoms with Gasteiger partial charge in [-0.3, -0.25) is 0 Å². The number of cyclic esters (lactones) is 1. The van der Waals surface area contributed by atoms with Crippen LogP contribution in [0.25, 0.3) is 0 Å². The van der Waals surface area contributed by atoms with Crippen molar-refractivity contribution < 1.29 is 24.2 Å². The van der Waals surface area contributed by atoms with Gasteiger partial charge in [-0.05, 0) is 5.92 Å². The van der Waals surface area contributed by atoms with E-state index < -0.39 is 29.6 Å². The van der Waals surface area contributed by atoms with E-state index in [1.54, 1.807) is 27.7 Å². The van der Waals surface area contributed by atoms with E-state index in [4.69, 9.17) is 9.47 Å². The lowest BCUT2D eigenvalue weighted by molar-refractivity contribution is -0.171. The van der Waals surface area contributed by atoms with Crippen molar-refractivity contribution in [3.05, 3.63) is 0 Å². The quantitative estimate of drug-likeness (QED) is 0.715. The lowest BCUT2D eigenvalue weighted by Crippen LogP contribution is -2.39. The van der Waals surface area contributed by atoms with Crippen LogP contribution in [0.1, 0.15) is 27.7 Å². The predicted molar refractivity (Wildman–Crippen MR) is 55.5 cm³/mol. The molecular formula is C11H18O5. The monoisotopic (exact) mass is 230 g/mol. The summed E-state index contributed by atoms with van der Waals surface area (Å²) in [6, 6.07) is 0. The van der Waals surface area contributed by atoms with Crippen LogP contribution in [0.15, 0.2) is 0 Å². The zero-order chi connectivity index (χ0) is 12.5. The Morgan fingerprint density at radius 1 is 1.56 bits per heavy atom. The molecule has 0 unspecified atom stereocenters. The molecule has 0 aliphatic carbocycles. The van der Waals surface area contributed by atoms with Gasteiger partial charge in [-0.2, -0.15) is 0 Å². The molecule has 1 heterocycles. The number of esters is 2. The fraction of sp³-hybridized carbons (Fsp3) is 0.818. The minimum atomic E-state index is -1.20. The number of aliphatic hydroxyl groups excluding tert-OH is 1. The highest BCUT2D eigenvalue weighted by molar-refractivity contribution is 5.83. The van der Waals surface area contributed by atoms with E-state index in [0.717, 1.165) is 0 Å². The Labute approximate surface area is 94.7 Å². The van der Waals surface area contributed by atoms with E-state index in [1.165, 1.54) is 0 Å². The SMILES string of the molecule is CC(C)[C@H](O)C(=O)O[C@H]1C(=O)OCC1(C)C. The van der Waals surface area contributed by atoms with Gasteiger partial charge in [-0.15, -0.1) is 0 Å². The summed E-state index contributed by atoms with van der Waals surface area (Å²) < 4.78 is 9.82. The van der Waals surface area contributed by atoms with Gasteiger partial charge in [0.15, 0.2) is 6.10 Å². The molecule has 0 saturated carbocycles. The van der Waals surface area contributed by atoms with Crippen LogP contribution in [0.5, 0.6) is 0 Å². The fourth-order valence-corrected chi connectivity index (χ4v) is 1.39. The molecule has 1 N–H and O–H groups in total. The average molecular weight is 230 g/mol. The number of carbonyl (C=O) groups is 2. The summed E-state index contributed by atoms with van der Waals surface area (Å²) in [4.78, 5) is 22.8. The van der Waals surface area contributed by atoms with Gasteiger partial charge in [-0.25, -0.2) is 9.59 Å². The predicted octanol–water partition coefficient (Wildman–Crippen LogP) is 0.498. The average Bonchev–Trinajstić information content (AvgIpc) is 2.43. The first-order chi connectivity index (χ1) is 7.25. The van der Waals surface area contributed by atoms with Crippen molar-refractivity contribution in [2.45, 2.75) is 39.9 Å². The van der Waals surface area contributed by atoms with Crippen molar-refractivity contribution in [3.8, 4) is 0 Å². The van der Waals surface area contributed by atoms with Gasteiger partial charge in [0.05, 0.1) is 0 Å². The molecule has 0 radical (unpaired) electrons. The maximum absolute atomic E-state index is 11.5. The number of carbonyl (C=O) groups excluding carboxylic acids is 2. The first-order valence-corrected chi connectivity index (χ1v) is 5.31. The van der Waals surface area contributed by atoms with Crippen molar-refractivity contribution in [1.82, 2.24) is 0 Å². The molecule has 16 heavy (non-hydrogen) atoms. The number of hydrogen-bond donors (Lipinski definition) is 1. The highest BCUT2D eigenvalue weighted by atomic mass is 16.6. The number of rotatable bonds is 3. The summed E-state index contributed by atoms with van der Waals surface area (Å²) in [7, 11) is 0. The topological polar surface area (TPSA) is 72.8 Å². The summed E-state index contributed by atoms with van der Waals surface area (Å²) in [6.45, 7) is 7.17. The van der Waals surface area contributed by atoms with Crippen molar-refractivity contribution in [2.24, 2.45) is 11.3 Å². The summed E-state index contributed by atoms with van der Waals surface area (Å²) in [5.41, 5.74) is -0.538. The summed E-state index contributed by atoms with van der Waals surface area (Å²) in [6.07, 6.45) is -2.13. The first-order valence-electron chi connectivity index (χ1n) is 5.31. The number of hydrogen-bond acceptors (Lipinski definition) is 5. The number of aliphatic hydroxyl groups is 1. The summed E-state index contributed by atoms with van der Waals surface area (Å²) in [5.74, 6) is -1.56. The van der Waals surface area contributed by atoms with Crippen LogP contribution in [0.4, 0.5) is 0 Å². The Hall–Kier alpha value is -1.10. The highest BCUT2D eigenvalue weighted by Gasteiger charge is 2.47. The van der Waals surface area contributed by atoms with Gasteiger partial charge in [0, 0.05) is 5.41 Å². The Balaban J connectivity index is 2.67. The van der Waals surface area contributed by atoms with E-state index in [-0.39, 0.29) is 12.5 Å². The normalized spacial score (nSPS) is 25.4. The summed E-state index contributed by atoms with van der Waals surface area (Å²) >= 11 is 0. The molecule has 0 spiro atoms. The van der Waals surface area contributed by atoms with Crippen LogP contribution in [0, 0.1) is 11.3 Å². The Morgan fingerprint density at radius 3 is 2.50 bits per heavy atom. The Morgan fingerprint density at radius 2 is 2.12 bits per heavy atom. The lowest BCUT2D eigenvalue weighted by Gasteiger charge is -2.23. The minimum absolute atomic E-state index is 0.224. The smallest absolute Gasteiger partial charge is 0.348 e. The first kappa shape index (κ1) is 13.0. The van der Waals surface area contributed by atoms with E-state index in [9.17, 15) is 14.7 Å². The van der Waals surface area contributed by atoms with Crippen LogP contribution < -0.4 is 0 Å². The van der Waals surface area contributed by atoms with Gasteiger partial charge < -0.3 is 14.6 Å². The molecule has 0 aromatic carbocycles. The van der Waals surface area contributed by atoms with Crippen molar-refractivity contribution in [2.75, 3.05) is 6.61 Å².